The van der Waals surface area contributed by atoms with E-state index in [0.717, 1.165) is 5.56 Å². The van der Waals surface area contributed by atoms with E-state index in [2.05, 4.69) is 5.32 Å². The largest absolute Gasteiger partial charge is 0.340 e. The number of carbonyl (C=O) groups excluding carboxylic acids is 3. The Balaban J connectivity index is 1.61. The van der Waals surface area contributed by atoms with Crippen LogP contribution in [0, 0.1) is 12.8 Å². The molecule has 7 heteroatoms. The number of nitrogens with one attached hydrogen (secondary N) is 1. The summed E-state index contributed by atoms with van der Waals surface area (Å²) in [5.74, 6) is -0.506. The summed E-state index contributed by atoms with van der Waals surface area (Å²) in [5.41, 5.74) is 2.10. The molecule has 0 spiro atoms. The number of carbonyl (C=O) groups is 3. The second-order valence-electron chi connectivity index (χ2n) is 8.19. The predicted molar refractivity (Wildman–Crippen MR) is 121 cm³/mol. The molecule has 1 aliphatic heterocycles. The van der Waals surface area contributed by atoms with Crippen LogP contribution in [0.3, 0.4) is 0 Å². The third kappa shape index (κ3) is 5.64. The molecule has 164 valence electrons. The fourth-order valence-electron chi connectivity index (χ4n) is 3.63. The Labute approximate surface area is 188 Å². The molecule has 6 nitrogen and oxygen atoms in total. The van der Waals surface area contributed by atoms with Crippen LogP contribution in [0.2, 0.25) is 5.02 Å². The molecule has 2 aromatic rings. The van der Waals surface area contributed by atoms with Crippen molar-refractivity contribution >= 4 is 29.3 Å². The second-order valence-corrected chi connectivity index (χ2v) is 8.63. The van der Waals surface area contributed by atoms with E-state index in [1.807, 2.05) is 32.9 Å². The van der Waals surface area contributed by atoms with Crippen molar-refractivity contribution in [1.29, 1.82) is 0 Å². The first-order chi connectivity index (χ1) is 14.8. The lowest BCUT2D eigenvalue weighted by Crippen LogP contribution is -2.57. The lowest BCUT2D eigenvalue weighted by molar-refractivity contribution is -0.135. The van der Waals surface area contributed by atoms with E-state index in [1.54, 1.807) is 46.2 Å². The van der Waals surface area contributed by atoms with Gasteiger partial charge in [0, 0.05) is 42.3 Å². The average molecular weight is 442 g/mol. The number of hydrogen-bond donors (Lipinski definition) is 1. The van der Waals surface area contributed by atoms with Crippen molar-refractivity contribution in [3.05, 3.63) is 70.2 Å². The highest BCUT2D eigenvalue weighted by atomic mass is 35.5. The Morgan fingerprint density at radius 1 is 0.903 bits per heavy atom. The normalized spacial score (nSPS) is 15.0. The van der Waals surface area contributed by atoms with Gasteiger partial charge in [-0.1, -0.05) is 43.1 Å². The van der Waals surface area contributed by atoms with E-state index in [0.29, 0.717) is 42.3 Å². The van der Waals surface area contributed by atoms with Gasteiger partial charge < -0.3 is 15.1 Å². The van der Waals surface area contributed by atoms with Crippen LogP contribution in [0.5, 0.6) is 0 Å². The zero-order valence-electron chi connectivity index (χ0n) is 18.1. The summed E-state index contributed by atoms with van der Waals surface area (Å²) in [4.78, 5) is 42.0. The van der Waals surface area contributed by atoms with Crippen molar-refractivity contribution in [3.63, 3.8) is 0 Å². The minimum Gasteiger partial charge on any atom is -0.340 e. The zero-order chi connectivity index (χ0) is 22.5. The average Bonchev–Trinajstić information content (AvgIpc) is 2.77. The smallest absolute Gasteiger partial charge is 0.253 e. The maximum atomic E-state index is 13.2. The zero-order valence-corrected chi connectivity index (χ0v) is 18.9. The van der Waals surface area contributed by atoms with Gasteiger partial charge in [-0.05, 0) is 49.2 Å². The number of aryl methyl sites for hydroxylation is 1. The van der Waals surface area contributed by atoms with Gasteiger partial charge in [0.2, 0.25) is 5.91 Å². The highest BCUT2D eigenvalue weighted by molar-refractivity contribution is 6.30. The second kappa shape index (κ2) is 9.96. The summed E-state index contributed by atoms with van der Waals surface area (Å²) in [7, 11) is 0. The van der Waals surface area contributed by atoms with Crippen LogP contribution >= 0.6 is 11.6 Å². The molecule has 2 aromatic carbocycles. The number of nitrogens with zero attached hydrogens (tertiary/aromatic N) is 2. The fourth-order valence-corrected chi connectivity index (χ4v) is 3.75. The number of benzene rings is 2. The first-order valence-electron chi connectivity index (χ1n) is 10.5. The van der Waals surface area contributed by atoms with Gasteiger partial charge in [-0.25, -0.2) is 0 Å². The Morgan fingerprint density at radius 3 is 2.10 bits per heavy atom. The standard InChI is InChI=1S/C24H28ClN3O3/c1-16(2)21(26-22(29)19-6-4-5-17(3)15-19)24(31)28-13-11-27(12-14-28)23(30)18-7-9-20(25)10-8-18/h4-10,15-16,21H,11-14H2,1-3H3,(H,26,29). The van der Waals surface area contributed by atoms with E-state index in [9.17, 15) is 14.4 Å². The summed E-state index contributed by atoms with van der Waals surface area (Å²) in [6.45, 7) is 7.52. The topological polar surface area (TPSA) is 69.7 Å². The number of hydrogen-bond acceptors (Lipinski definition) is 3. The molecule has 1 atom stereocenters. The first kappa shape index (κ1) is 22.8. The van der Waals surface area contributed by atoms with Crippen LogP contribution in [0.25, 0.3) is 0 Å². The van der Waals surface area contributed by atoms with Gasteiger partial charge in [-0.3, -0.25) is 14.4 Å². The molecule has 1 aliphatic rings. The molecule has 0 saturated carbocycles. The molecule has 1 N–H and O–H groups in total. The van der Waals surface area contributed by atoms with Gasteiger partial charge in [0.15, 0.2) is 0 Å². The fraction of sp³-hybridized carbons (Fsp3) is 0.375. The SMILES string of the molecule is Cc1cccc(C(=O)NC(C(=O)N2CCN(C(=O)c3ccc(Cl)cc3)CC2)C(C)C)c1. The van der Waals surface area contributed by atoms with Gasteiger partial charge in [0.05, 0.1) is 0 Å². The Bertz CT molecular complexity index is 951. The van der Waals surface area contributed by atoms with Crippen LogP contribution in [0.4, 0.5) is 0 Å². The van der Waals surface area contributed by atoms with E-state index in [1.165, 1.54) is 0 Å². The highest BCUT2D eigenvalue weighted by Crippen LogP contribution is 2.15. The molecule has 3 rings (SSSR count). The maximum absolute atomic E-state index is 13.2. The molecule has 3 amide bonds. The van der Waals surface area contributed by atoms with Crippen molar-refractivity contribution in [2.75, 3.05) is 26.2 Å². The first-order valence-corrected chi connectivity index (χ1v) is 10.8. The lowest BCUT2D eigenvalue weighted by Gasteiger charge is -2.37. The van der Waals surface area contributed by atoms with Crippen LogP contribution in [-0.2, 0) is 4.79 Å². The number of rotatable bonds is 5. The van der Waals surface area contributed by atoms with Crippen molar-refractivity contribution in [1.82, 2.24) is 15.1 Å². The third-order valence-electron chi connectivity index (χ3n) is 5.47. The summed E-state index contributed by atoms with van der Waals surface area (Å²) in [6.07, 6.45) is 0. The van der Waals surface area contributed by atoms with Crippen LogP contribution in [0.1, 0.15) is 40.1 Å². The number of halogens is 1. The minimum absolute atomic E-state index is 0.0602. The van der Waals surface area contributed by atoms with Crippen LogP contribution in [-0.4, -0.2) is 59.7 Å². The van der Waals surface area contributed by atoms with Crippen LogP contribution in [0.15, 0.2) is 48.5 Å². The Hall–Kier alpha value is -2.86. The van der Waals surface area contributed by atoms with Crippen molar-refractivity contribution in [2.45, 2.75) is 26.8 Å². The molecule has 1 unspecified atom stereocenters. The van der Waals surface area contributed by atoms with Crippen LogP contribution < -0.4 is 5.32 Å². The lowest BCUT2D eigenvalue weighted by atomic mass is 10.0. The van der Waals surface area contributed by atoms with Crippen molar-refractivity contribution in [2.24, 2.45) is 5.92 Å². The number of amides is 3. The monoisotopic (exact) mass is 441 g/mol. The summed E-state index contributed by atoms with van der Waals surface area (Å²) in [6, 6.07) is 13.5. The van der Waals surface area contributed by atoms with Gasteiger partial charge in [-0.2, -0.15) is 0 Å². The molecule has 1 fully saturated rings. The summed E-state index contributed by atoms with van der Waals surface area (Å²) < 4.78 is 0. The van der Waals surface area contributed by atoms with E-state index >= 15 is 0 Å². The molecule has 0 bridgehead atoms. The maximum Gasteiger partial charge on any atom is 0.253 e. The molecule has 31 heavy (non-hydrogen) atoms. The van der Waals surface area contributed by atoms with E-state index < -0.39 is 6.04 Å². The molecular formula is C24H28ClN3O3. The van der Waals surface area contributed by atoms with Crippen molar-refractivity contribution < 1.29 is 14.4 Å². The summed E-state index contributed by atoms with van der Waals surface area (Å²) >= 11 is 5.89. The quantitative estimate of drug-likeness (QED) is 0.773. The Morgan fingerprint density at radius 2 is 1.52 bits per heavy atom. The van der Waals surface area contributed by atoms with E-state index in [-0.39, 0.29) is 23.6 Å². The molecule has 1 heterocycles. The molecule has 0 aliphatic carbocycles. The minimum atomic E-state index is -0.619. The summed E-state index contributed by atoms with van der Waals surface area (Å²) in [5, 5.41) is 3.48. The molecule has 0 aromatic heterocycles. The van der Waals surface area contributed by atoms with Gasteiger partial charge in [-0.15, -0.1) is 0 Å². The van der Waals surface area contributed by atoms with Crippen molar-refractivity contribution in [3.8, 4) is 0 Å². The highest BCUT2D eigenvalue weighted by Gasteiger charge is 2.32. The Kier molecular flexibility index (Phi) is 7.33. The van der Waals surface area contributed by atoms with E-state index in [4.69, 9.17) is 11.6 Å². The van der Waals surface area contributed by atoms with Gasteiger partial charge in [0.1, 0.15) is 6.04 Å². The number of piperazine rings is 1. The third-order valence-corrected chi connectivity index (χ3v) is 5.72. The molecule has 0 radical (unpaired) electrons. The molecule has 1 saturated heterocycles. The molecular weight excluding hydrogens is 414 g/mol. The van der Waals surface area contributed by atoms with Gasteiger partial charge >= 0.3 is 0 Å². The predicted octanol–water partition coefficient (Wildman–Crippen LogP) is 3.39. The van der Waals surface area contributed by atoms with Gasteiger partial charge in [0.25, 0.3) is 11.8 Å².